The highest BCUT2D eigenvalue weighted by Crippen LogP contribution is 2.20. The number of esters is 1. The molecule has 0 aliphatic rings. The van der Waals surface area contributed by atoms with Gasteiger partial charge in [0, 0.05) is 5.56 Å². The van der Waals surface area contributed by atoms with Crippen LogP contribution in [0.3, 0.4) is 0 Å². The van der Waals surface area contributed by atoms with Crippen LogP contribution >= 0.6 is 0 Å². The molecule has 2 aromatic rings. The lowest BCUT2D eigenvalue weighted by atomic mass is 10.1. The second kappa shape index (κ2) is 7.45. The minimum atomic E-state index is -0.902. The standard InChI is InChI=1S/C18H18O5/c1-12(17(19)13-8-10-14(21-2)11-9-13)23-18(20)15-6-4-5-7-16(15)22-3/h4-12H,1-3H3/t12-/m0/s1. The van der Waals surface area contributed by atoms with E-state index in [2.05, 4.69) is 0 Å². The summed E-state index contributed by atoms with van der Waals surface area (Å²) in [6, 6.07) is 13.3. The van der Waals surface area contributed by atoms with Crippen molar-refractivity contribution in [3.05, 3.63) is 59.7 Å². The number of Topliss-reactive ketones (excluding diaryl/α,β-unsaturated/α-hetero) is 1. The van der Waals surface area contributed by atoms with Crippen LogP contribution in [0, 0.1) is 0 Å². The SMILES string of the molecule is COc1ccc(C(=O)[C@H](C)OC(=O)c2ccccc2OC)cc1. The molecule has 0 amide bonds. The van der Waals surface area contributed by atoms with Crippen LogP contribution in [-0.2, 0) is 4.74 Å². The molecular weight excluding hydrogens is 296 g/mol. The summed E-state index contributed by atoms with van der Waals surface area (Å²) in [5.41, 5.74) is 0.732. The fraction of sp³-hybridized carbons (Fsp3) is 0.222. The molecule has 0 spiro atoms. The molecule has 120 valence electrons. The van der Waals surface area contributed by atoms with Gasteiger partial charge in [0.15, 0.2) is 6.10 Å². The quantitative estimate of drug-likeness (QED) is 0.605. The van der Waals surface area contributed by atoms with Gasteiger partial charge in [-0.05, 0) is 43.3 Å². The molecule has 0 saturated heterocycles. The number of methoxy groups -OCH3 is 2. The minimum Gasteiger partial charge on any atom is -0.497 e. The third-order valence-electron chi connectivity index (χ3n) is 3.35. The third-order valence-corrected chi connectivity index (χ3v) is 3.35. The first kappa shape index (κ1) is 16.5. The van der Waals surface area contributed by atoms with E-state index in [9.17, 15) is 9.59 Å². The van der Waals surface area contributed by atoms with E-state index in [1.807, 2.05) is 0 Å². The molecule has 0 fully saturated rings. The van der Waals surface area contributed by atoms with Crippen molar-refractivity contribution in [1.82, 2.24) is 0 Å². The van der Waals surface area contributed by atoms with Gasteiger partial charge in [0.25, 0.3) is 0 Å². The Kier molecular flexibility index (Phi) is 5.36. The average Bonchev–Trinajstić information content (AvgIpc) is 2.60. The predicted molar refractivity (Wildman–Crippen MR) is 85.2 cm³/mol. The summed E-state index contributed by atoms with van der Waals surface area (Å²) in [6.07, 6.45) is -0.902. The molecule has 0 saturated carbocycles. The van der Waals surface area contributed by atoms with Crippen LogP contribution in [0.2, 0.25) is 0 Å². The second-order valence-electron chi connectivity index (χ2n) is 4.84. The molecule has 0 unspecified atom stereocenters. The smallest absolute Gasteiger partial charge is 0.342 e. The van der Waals surface area contributed by atoms with Crippen LogP contribution in [-0.4, -0.2) is 32.1 Å². The van der Waals surface area contributed by atoms with Gasteiger partial charge in [0.2, 0.25) is 5.78 Å². The molecule has 23 heavy (non-hydrogen) atoms. The lowest BCUT2D eigenvalue weighted by Crippen LogP contribution is -2.24. The van der Waals surface area contributed by atoms with Gasteiger partial charge < -0.3 is 14.2 Å². The predicted octanol–water partition coefficient (Wildman–Crippen LogP) is 3.13. The number of rotatable bonds is 6. The molecular formula is C18H18O5. The molecule has 2 rings (SSSR count). The molecule has 0 heterocycles. The van der Waals surface area contributed by atoms with Crippen molar-refractivity contribution in [3.8, 4) is 11.5 Å². The van der Waals surface area contributed by atoms with Crippen LogP contribution < -0.4 is 9.47 Å². The van der Waals surface area contributed by atoms with Gasteiger partial charge in [-0.2, -0.15) is 0 Å². The van der Waals surface area contributed by atoms with Crippen LogP contribution in [0.15, 0.2) is 48.5 Å². The van der Waals surface area contributed by atoms with E-state index in [4.69, 9.17) is 14.2 Å². The first-order valence-corrected chi connectivity index (χ1v) is 7.09. The Hall–Kier alpha value is -2.82. The van der Waals surface area contributed by atoms with Crippen molar-refractivity contribution in [2.75, 3.05) is 14.2 Å². The normalized spacial score (nSPS) is 11.4. The molecule has 0 aromatic heterocycles. The Balaban J connectivity index is 2.09. The molecule has 0 aliphatic carbocycles. The maximum Gasteiger partial charge on any atom is 0.342 e. The van der Waals surface area contributed by atoms with Gasteiger partial charge in [-0.25, -0.2) is 4.79 Å². The first-order chi connectivity index (χ1) is 11.1. The Morgan fingerprint density at radius 1 is 0.913 bits per heavy atom. The van der Waals surface area contributed by atoms with Gasteiger partial charge >= 0.3 is 5.97 Å². The maximum absolute atomic E-state index is 12.3. The lowest BCUT2D eigenvalue weighted by molar-refractivity contribution is 0.0316. The summed E-state index contributed by atoms with van der Waals surface area (Å²) in [6.45, 7) is 1.54. The number of ketones is 1. The van der Waals surface area contributed by atoms with Gasteiger partial charge in [-0.3, -0.25) is 4.79 Å². The summed E-state index contributed by atoms with van der Waals surface area (Å²) in [4.78, 5) is 24.5. The van der Waals surface area contributed by atoms with Crippen LogP contribution in [0.4, 0.5) is 0 Å². The molecule has 5 heteroatoms. The molecule has 0 bridgehead atoms. The monoisotopic (exact) mass is 314 g/mol. The molecule has 2 aromatic carbocycles. The highest BCUT2D eigenvalue weighted by molar-refractivity contribution is 6.01. The fourth-order valence-corrected chi connectivity index (χ4v) is 2.08. The largest absolute Gasteiger partial charge is 0.497 e. The number of benzene rings is 2. The van der Waals surface area contributed by atoms with E-state index >= 15 is 0 Å². The Morgan fingerprint density at radius 2 is 1.57 bits per heavy atom. The first-order valence-electron chi connectivity index (χ1n) is 7.09. The van der Waals surface area contributed by atoms with Crippen LogP contribution in [0.25, 0.3) is 0 Å². The van der Waals surface area contributed by atoms with Crippen molar-refractivity contribution < 1.29 is 23.8 Å². The van der Waals surface area contributed by atoms with Gasteiger partial charge in [-0.15, -0.1) is 0 Å². The Labute approximate surface area is 134 Å². The molecule has 0 N–H and O–H groups in total. The number of hydrogen-bond acceptors (Lipinski definition) is 5. The van der Waals surface area contributed by atoms with E-state index in [0.717, 1.165) is 0 Å². The lowest BCUT2D eigenvalue weighted by Gasteiger charge is -2.14. The van der Waals surface area contributed by atoms with E-state index in [-0.39, 0.29) is 11.3 Å². The highest BCUT2D eigenvalue weighted by Gasteiger charge is 2.22. The van der Waals surface area contributed by atoms with Gasteiger partial charge in [0.05, 0.1) is 14.2 Å². The zero-order chi connectivity index (χ0) is 16.8. The van der Waals surface area contributed by atoms with E-state index < -0.39 is 12.1 Å². The number of ether oxygens (including phenoxy) is 3. The number of carbonyl (C=O) groups is 2. The molecule has 5 nitrogen and oxygen atoms in total. The summed E-state index contributed by atoms with van der Waals surface area (Å²) in [7, 11) is 3.02. The summed E-state index contributed by atoms with van der Waals surface area (Å²) >= 11 is 0. The van der Waals surface area contributed by atoms with Gasteiger partial charge in [0.1, 0.15) is 17.1 Å². The van der Waals surface area contributed by atoms with Crippen LogP contribution in [0.1, 0.15) is 27.6 Å². The fourth-order valence-electron chi connectivity index (χ4n) is 2.08. The third kappa shape index (κ3) is 3.88. The minimum absolute atomic E-state index is 0.282. The van der Waals surface area contributed by atoms with Crippen molar-refractivity contribution in [3.63, 3.8) is 0 Å². The van der Waals surface area contributed by atoms with E-state index in [1.54, 1.807) is 62.6 Å². The van der Waals surface area contributed by atoms with Crippen molar-refractivity contribution in [2.45, 2.75) is 13.0 Å². The number of carbonyl (C=O) groups excluding carboxylic acids is 2. The maximum atomic E-state index is 12.3. The number of hydrogen-bond donors (Lipinski definition) is 0. The molecule has 0 aliphatic heterocycles. The zero-order valence-electron chi connectivity index (χ0n) is 13.2. The van der Waals surface area contributed by atoms with E-state index in [1.165, 1.54) is 7.11 Å². The highest BCUT2D eigenvalue weighted by atomic mass is 16.5. The molecule has 1 atom stereocenters. The zero-order valence-corrected chi connectivity index (χ0v) is 13.2. The van der Waals surface area contributed by atoms with Gasteiger partial charge in [-0.1, -0.05) is 12.1 Å². The van der Waals surface area contributed by atoms with Crippen molar-refractivity contribution in [1.29, 1.82) is 0 Å². The summed E-state index contributed by atoms with van der Waals surface area (Å²) in [5, 5.41) is 0. The molecule has 0 radical (unpaired) electrons. The average molecular weight is 314 g/mol. The second-order valence-corrected chi connectivity index (χ2v) is 4.84. The summed E-state index contributed by atoms with van der Waals surface area (Å²) in [5.74, 6) is 0.175. The van der Waals surface area contributed by atoms with Crippen molar-refractivity contribution in [2.24, 2.45) is 0 Å². The van der Waals surface area contributed by atoms with Crippen molar-refractivity contribution >= 4 is 11.8 Å². The van der Waals surface area contributed by atoms with Crippen LogP contribution in [0.5, 0.6) is 11.5 Å². The Bertz CT molecular complexity index is 691. The number of para-hydroxylation sites is 1. The topological polar surface area (TPSA) is 61.8 Å². The Morgan fingerprint density at radius 3 is 2.17 bits per heavy atom. The van der Waals surface area contributed by atoms with E-state index in [0.29, 0.717) is 17.1 Å². The summed E-state index contributed by atoms with van der Waals surface area (Å²) < 4.78 is 15.4.